The fourth-order valence-electron chi connectivity index (χ4n) is 7.09. The number of carbonyl (C=O) groups excluding carboxylic acids is 1. The predicted octanol–water partition coefficient (Wildman–Crippen LogP) is 9.38. The summed E-state index contributed by atoms with van der Waals surface area (Å²) in [5.41, 5.74) is 9.28. The van der Waals surface area contributed by atoms with Crippen LogP contribution in [0, 0.1) is 5.92 Å². The van der Waals surface area contributed by atoms with E-state index in [-0.39, 0.29) is 31.3 Å². The summed E-state index contributed by atoms with van der Waals surface area (Å²) in [5.74, 6) is 0.798. The number of unbranched alkanes of at least 4 members (excludes halogenated alkanes) is 2. The second-order valence-electron chi connectivity index (χ2n) is 13.9. The molecule has 2 unspecified atom stereocenters. The van der Waals surface area contributed by atoms with Crippen LogP contribution in [0.25, 0.3) is 22.3 Å². The van der Waals surface area contributed by atoms with Crippen LogP contribution in [-0.4, -0.2) is 57.9 Å². The molecule has 2 atom stereocenters. The largest absolute Gasteiger partial charge is 0.462 e. The molecule has 3 aromatic carbocycles. The Morgan fingerprint density at radius 1 is 0.900 bits per heavy atom. The van der Waals surface area contributed by atoms with Crippen molar-refractivity contribution in [3.8, 4) is 22.3 Å². The van der Waals surface area contributed by atoms with Crippen LogP contribution < -0.4 is 5.32 Å². The van der Waals surface area contributed by atoms with Crippen LogP contribution in [0.15, 0.2) is 91.0 Å². The minimum absolute atomic E-state index is 0.0696. The Balaban J connectivity index is 1.44. The van der Waals surface area contributed by atoms with Gasteiger partial charge >= 0.3 is 5.97 Å². The van der Waals surface area contributed by atoms with E-state index in [1.54, 1.807) is 7.05 Å². The molecule has 6 heteroatoms. The molecule has 1 fully saturated rings. The number of aryl methyl sites for hydroxylation is 1. The lowest BCUT2D eigenvalue weighted by atomic mass is 9.77. The van der Waals surface area contributed by atoms with Crippen LogP contribution in [0.5, 0.6) is 0 Å². The van der Waals surface area contributed by atoms with E-state index in [1.165, 1.54) is 86.3 Å². The van der Waals surface area contributed by atoms with Crippen molar-refractivity contribution >= 4 is 5.97 Å². The van der Waals surface area contributed by atoms with Crippen LogP contribution in [0.2, 0.25) is 0 Å². The molecule has 3 aromatic rings. The maximum absolute atomic E-state index is 12.5. The Labute approximate surface area is 300 Å². The highest BCUT2D eigenvalue weighted by Crippen LogP contribution is 2.39. The van der Waals surface area contributed by atoms with E-state index in [0.717, 1.165) is 23.5 Å². The maximum Gasteiger partial charge on any atom is 0.335 e. The van der Waals surface area contributed by atoms with Crippen LogP contribution in [-0.2, 0) is 25.4 Å². The first-order valence-corrected chi connectivity index (χ1v) is 18.6. The third kappa shape index (κ3) is 11.2. The Hall–Kier alpha value is -3.55. The van der Waals surface area contributed by atoms with Crippen molar-refractivity contribution < 1.29 is 24.1 Å². The lowest BCUT2D eigenvalue weighted by Gasteiger charge is -2.29. The molecule has 4 rings (SSSR count). The Morgan fingerprint density at radius 3 is 2.22 bits per heavy atom. The lowest BCUT2D eigenvalue weighted by Crippen LogP contribution is -2.26. The molecule has 270 valence electrons. The maximum atomic E-state index is 12.5. The van der Waals surface area contributed by atoms with E-state index in [4.69, 9.17) is 14.2 Å². The van der Waals surface area contributed by atoms with E-state index in [2.05, 4.69) is 86.9 Å². The number of aliphatic hydroxyl groups excluding tert-OH is 1. The zero-order valence-electron chi connectivity index (χ0n) is 30.8. The van der Waals surface area contributed by atoms with Crippen LogP contribution >= 0.6 is 0 Å². The van der Waals surface area contributed by atoms with Gasteiger partial charge in [-0.1, -0.05) is 119 Å². The Kier molecular flexibility index (Phi) is 16.0. The monoisotopic (exact) mass is 681 g/mol. The van der Waals surface area contributed by atoms with Gasteiger partial charge in [-0.15, -0.1) is 0 Å². The molecular formula is C44H59NO5. The summed E-state index contributed by atoms with van der Waals surface area (Å²) in [6, 6.07) is 24.4. The number of esters is 1. The topological polar surface area (TPSA) is 77.0 Å². The first-order chi connectivity index (χ1) is 24.3. The molecule has 0 amide bonds. The third-order valence-electron chi connectivity index (χ3n) is 10.2. The van der Waals surface area contributed by atoms with Gasteiger partial charge in [-0.2, -0.15) is 0 Å². The standard InChI is InChI=1S/C44H59NO5/c1-7-9-10-11-33-12-14-35(15-13-33)36-16-18-37(19-17-36)40-24-25-42(34(8-2)26-40)39-22-20-38(21-23-39)41(29-49-43(46)31(3)27-45-5)30-50-44(47)32(4)28-48-6/h16-26,33,35,41,43,45-46H,3-4,7-15,27-30H2,1-2,5-6H3. The molecule has 2 N–H and O–H groups in total. The van der Waals surface area contributed by atoms with Gasteiger partial charge in [0, 0.05) is 19.6 Å². The summed E-state index contributed by atoms with van der Waals surface area (Å²) in [4.78, 5) is 12.5. The number of benzene rings is 3. The molecule has 0 aromatic heterocycles. The van der Waals surface area contributed by atoms with E-state index in [0.29, 0.717) is 18.0 Å². The van der Waals surface area contributed by atoms with Crippen molar-refractivity contribution in [1.29, 1.82) is 0 Å². The highest BCUT2D eigenvalue weighted by molar-refractivity contribution is 5.88. The normalized spacial score (nSPS) is 17.2. The number of ether oxygens (including phenoxy) is 3. The number of likely N-dealkylation sites (N-methyl/N-ethyl adjacent to an activating group) is 1. The number of nitrogens with one attached hydrogen (secondary N) is 1. The van der Waals surface area contributed by atoms with Gasteiger partial charge in [-0.05, 0) is 95.5 Å². The van der Waals surface area contributed by atoms with E-state index in [1.807, 2.05) is 12.1 Å². The van der Waals surface area contributed by atoms with Crippen molar-refractivity contribution in [3.05, 3.63) is 108 Å². The average molecular weight is 682 g/mol. The zero-order chi connectivity index (χ0) is 35.9. The smallest absolute Gasteiger partial charge is 0.335 e. The SMILES string of the molecule is C=C(COC)C(=O)OCC(COC(O)C(=C)CNC)c1ccc(-c2ccc(-c3ccc(C4CCC(CCCCC)CC4)cc3)cc2CC)cc1. The third-order valence-corrected chi connectivity index (χ3v) is 10.2. The van der Waals surface area contributed by atoms with Gasteiger partial charge in [0.05, 0.1) is 18.8 Å². The molecule has 1 aliphatic carbocycles. The molecule has 1 aliphatic rings. The summed E-state index contributed by atoms with van der Waals surface area (Å²) in [5, 5.41) is 13.4. The molecule has 0 bridgehead atoms. The molecule has 0 saturated heterocycles. The zero-order valence-corrected chi connectivity index (χ0v) is 30.8. The summed E-state index contributed by atoms with van der Waals surface area (Å²) in [7, 11) is 3.29. The fraction of sp³-hybridized carbons (Fsp3) is 0.477. The van der Waals surface area contributed by atoms with E-state index in [9.17, 15) is 9.90 Å². The predicted molar refractivity (Wildman–Crippen MR) is 205 cm³/mol. The van der Waals surface area contributed by atoms with Crippen molar-refractivity contribution in [2.45, 2.75) is 89.8 Å². The molecule has 0 radical (unpaired) electrons. The number of aliphatic hydroxyl groups is 1. The second kappa shape index (κ2) is 20.3. The van der Waals surface area contributed by atoms with Crippen LogP contribution in [0.1, 0.15) is 93.7 Å². The second-order valence-corrected chi connectivity index (χ2v) is 13.9. The average Bonchev–Trinajstić information content (AvgIpc) is 3.15. The summed E-state index contributed by atoms with van der Waals surface area (Å²) in [6.07, 6.45) is 10.7. The first kappa shape index (κ1) is 39.2. The highest BCUT2D eigenvalue weighted by atomic mass is 16.6. The molecule has 1 saturated carbocycles. The molecule has 0 aliphatic heterocycles. The van der Waals surface area contributed by atoms with Crippen LogP contribution in [0.4, 0.5) is 0 Å². The van der Waals surface area contributed by atoms with E-state index < -0.39 is 12.3 Å². The number of methoxy groups -OCH3 is 1. The molecule has 0 heterocycles. The molecule has 6 nitrogen and oxygen atoms in total. The lowest BCUT2D eigenvalue weighted by molar-refractivity contribution is -0.141. The van der Waals surface area contributed by atoms with Crippen molar-refractivity contribution in [2.75, 3.05) is 40.5 Å². The van der Waals surface area contributed by atoms with E-state index >= 15 is 0 Å². The van der Waals surface area contributed by atoms with Crippen molar-refractivity contribution in [1.82, 2.24) is 5.32 Å². The molecular weight excluding hydrogens is 622 g/mol. The summed E-state index contributed by atoms with van der Waals surface area (Å²) in [6.45, 7) is 12.9. The van der Waals surface area contributed by atoms with Gasteiger partial charge in [0.25, 0.3) is 0 Å². The number of carbonyl (C=O) groups is 1. The minimum atomic E-state index is -1.13. The van der Waals surface area contributed by atoms with Crippen molar-refractivity contribution in [3.63, 3.8) is 0 Å². The van der Waals surface area contributed by atoms with Gasteiger partial charge in [-0.3, -0.25) is 0 Å². The number of hydrogen-bond donors (Lipinski definition) is 2. The first-order valence-electron chi connectivity index (χ1n) is 18.6. The Morgan fingerprint density at radius 2 is 1.58 bits per heavy atom. The Bertz CT molecular complexity index is 1500. The molecule has 50 heavy (non-hydrogen) atoms. The van der Waals surface area contributed by atoms with Gasteiger partial charge in [-0.25, -0.2) is 4.79 Å². The number of rotatable bonds is 20. The quantitative estimate of drug-likeness (QED) is 0.0407. The van der Waals surface area contributed by atoms with Crippen molar-refractivity contribution in [2.24, 2.45) is 5.92 Å². The summed E-state index contributed by atoms with van der Waals surface area (Å²) < 4.78 is 16.3. The highest BCUT2D eigenvalue weighted by Gasteiger charge is 2.23. The van der Waals surface area contributed by atoms with Crippen LogP contribution in [0.3, 0.4) is 0 Å². The van der Waals surface area contributed by atoms with Gasteiger partial charge in [0.1, 0.15) is 6.61 Å². The fourth-order valence-corrected chi connectivity index (χ4v) is 7.09. The number of hydrogen-bond acceptors (Lipinski definition) is 6. The molecule has 0 spiro atoms. The van der Waals surface area contributed by atoms with Gasteiger partial charge < -0.3 is 24.6 Å². The van der Waals surface area contributed by atoms with Gasteiger partial charge in [0.15, 0.2) is 6.29 Å². The minimum Gasteiger partial charge on any atom is -0.462 e. The summed E-state index contributed by atoms with van der Waals surface area (Å²) >= 11 is 0. The van der Waals surface area contributed by atoms with Gasteiger partial charge in [0.2, 0.25) is 0 Å².